The first kappa shape index (κ1) is 12.6. The minimum Gasteiger partial charge on any atom is -0.492 e. The molecule has 0 aliphatic heterocycles. The Morgan fingerprint density at radius 1 is 1.33 bits per heavy atom. The van der Waals surface area contributed by atoms with Crippen LogP contribution in [0.4, 0.5) is 0 Å². The number of aryl methyl sites for hydroxylation is 1. The molecule has 0 aliphatic rings. The van der Waals surface area contributed by atoms with Gasteiger partial charge in [-0.15, -0.1) is 11.3 Å². The highest BCUT2D eigenvalue weighted by Gasteiger charge is 2.04. The van der Waals surface area contributed by atoms with E-state index in [9.17, 15) is 4.79 Å². The topological polar surface area (TPSA) is 38.3 Å². The molecule has 0 aliphatic carbocycles. The van der Waals surface area contributed by atoms with Crippen LogP contribution in [-0.2, 0) is 0 Å². The van der Waals surface area contributed by atoms with Gasteiger partial charge in [0.2, 0.25) is 0 Å². The maximum absolute atomic E-state index is 11.6. The van der Waals surface area contributed by atoms with E-state index >= 15 is 0 Å². The lowest BCUT2D eigenvalue weighted by molar-refractivity contribution is 0.0951. The van der Waals surface area contributed by atoms with E-state index in [0.717, 1.165) is 16.2 Å². The number of thiophene rings is 1. The Morgan fingerprint density at radius 3 is 2.94 bits per heavy atom. The van der Waals surface area contributed by atoms with Gasteiger partial charge in [0.1, 0.15) is 12.4 Å². The summed E-state index contributed by atoms with van der Waals surface area (Å²) in [5.41, 5.74) is 1.16. The van der Waals surface area contributed by atoms with Gasteiger partial charge in [0.05, 0.1) is 11.4 Å². The van der Waals surface area contributed by atoms with Gasteiger partial charge in [-0.25, -0.2) is 0 Å². The molecule has 0 atom stereocenters. The molecular formula is C14H15NO2S. The van der Waals surface area contributed by atoms with Gasteiger partial charge in [-0.3, -0.25) is 4.79 Å². The number of amides is 1. The molecule has 0 saturated heterocycles. The van der Waals surface area contributed by atoms with Gasteiger partial charge in [-0.2, -0.15) is 0 Å². The Morgan fingerprint density at radius 2 is 2.22 bits per heavy atom. The van der Waals surface area contributed by atoms with Crippen molar-refractivity contribution in [3.63, 3.8) is 0 Å². The second kappa shape index (κ2) is 6.21. The summed E-state index contributed by atoms with van der Waals surface area (Å²) in [5.74, 6) is 0.790. The van der Waals surface area contributed by atoms with Gasteiger partial charge in [-0.1, -0.05) is 18.2 Å². The SMILES string of the molecule is Cc1cccc(OCCNC(=O)c2cccs2)c1. The lowest BCUT2D eigenvalue weighted by Crippen LogP contribution is -2.27. The van der Waals surface area contributed by atoms with Gasteiger partial charge in [0.25, 0.3) is 5.91 Å². The predicted octanol–water partition coefficient (Wildman–Crippen LogP) is 2.87. The molecule has 1 aromatic carbocycles. The fourth-order valence-electron chi connectivity index (χ4n) is 1.53. The first-order chi connectivity index (χ1) is 8.75. The first-order valence-electron chi connectivity index (χ1n) is 5.77. The van der Waals surface area contributed by atoms with Gasteiger partial charge >= 0.3 is 0 Å². The Labute approximate surface area is 110 Å². The van der Waals surface area contributed by atoms with Gasteiger partial charge < -0.3 is 10.1 Å². The average molecular weight is 261 g/mol. The van der Waals surface area contributed by atoms with Crippen LogP contribution in [0.5, 0.6) is 5.75 Å². The summed E-state index contributed by atoms with van der Waals surface area (Å²) < 4.78 is 5.54. The van der Waals surface area contributed by atoms with E-state index in [-0.39, 0.29) is 5.91 Å². The van der Waals surface area contributed by atoms with Crippen LogP contribution in [-0.4, -0.2) is 19.1 Å². The van der Waals surface area contributed by atoms with Crippen LogP contribution in [0.3, 0.4) is 0 Å². The highest BCUT2D eigenvalue weighted by molar-refractivity contribution is 7.12. The molecule has 1 amide bonds. The molecule has 0 radical (unpaired) electrons. The Hall–Kier alpha value is -1.81. The second-order valence-electron chi connectivity index (χ2n) is 3.90. The van der Waals surface area contributed by atoms with Crippen molar-refractivity contribution < 1.29 is 9.53 Å². The number of benzene rings is 1. The lowest BCUT2D eigenvalue weighted by Gasteiger charge is -2.07. The average Bonchev–Trinajstić information content (AvgIpc) is 2.88. The molecule has 1 aromatic heterocycles. The van der Waals surface area contributed by atoms with Crippen molar-refractivity contribution >= 4 is 17.2 Å². The van der Waals surface area contributed by atoms with Crippen molar-refractivity contribution in [2.75, 3.05) is 13.2 Å². The van der Waals surface area contributed by atoms with E-state index in [1.54, 1.807) is 6.07 Å². The number of carbonyl (C=O) groups is 1. The zero-order valence-corrected chi connectivity index (χ0v) is 11.0. The molecule has 2 rings (SSSR count). The van der Waals surface area contributed by atoms with Gasteiger partial charge in [-0.05, 0) is 36.1 Å². The molecule has 18 heavy (non-hydrogen) atoms. The van der Waals surface area contributed by atoms with Crippen LogP contribution in [0.25, 0.3) is 0 Å². The van der Waals surface area contributed by atoms with E-state index in [1.807, 2.05) is 42.6 Å². The van der Waals surface area contributed by atoms with E-state index in [0.29, 0.717) is 13.2 Å². The number of hydrogen-bond acceptors (Lipinski definition) is 3. The largest absolute Gasteiger partial charge is 0.492 e. The highest BCUT2D eigenvalue weighted by atomic mass is 32.1. The number of ether oxygens (including phenoxy) is 1. The zero-order chi connectivity index (χ0) is 12.8. The number of hydrogen-bond donors (Lipinski definition) is 1. The standard InChI is InChI=1S/C14H15NO2S/c1-11-4-2-5-12(10-11)17-8-7-15-14(16)13-6-3-9-18-13/h2-6,9-10H,7-8H2,1H3,(H,15,16). The molecule has 1 heterocycles. The van der Waals surface area contributed by atoms with Crippen molar-refractivity contribution in [3.8, 4) is 5.75 Å². The third-order valence-corrected chi connectivity index (χ3v) is 3.26. The summed E-state index contributed by atoms with van der Waals surface area (Å²) in [5, 5.41) is 4.70. The monoisotopic (exact) mass is 261 g/mol. The molecular weight excluding hydrogens is 246 g/mol. The van der Waals surface area contributed by atoms with Crippen molar-refractivity contribution in [3.05, 3.63) is 52.2 Å². The van der Waals surface area contributed by atoms with Crippen molar-refractivity contribution in [2.45, 2.75) is 6.92 Å². The van der Waals surface area contributed by atoms with Crippen LogP contribution in [0.15, 0.2) is 41.8 Å². The number of rotatable bonds is 5. The predicted molar refractivity (Wildman–Crippen MR) is 73.3 cm³/mol. The smallest absolute Gasteiger partial charge is 0.261 e. The third-order valence-electron chi connectivity index (χ3n) is 2.39. The summed E-state index contributed by atoms with van der Waals surface area (Å²) in [6, 6.07) is 11.5. The number of nitrogens with one attached hydrogen (secondary N) is 1. The second-order valence-corrected chi connectivity index (χ2v) is 4.85. The molecule has 2 aromatic rings. The number of carbonyl (C=O) groups excluding carboxylic acids is 1. The molecule has 0 bridgehead atoms. The fraction of sp³-hybridized carbons (Fsp3) is 0.214. The first-order valence-corrected chi connectivity index (χ1v) is 6.65. The van der Waals surface area contributed by atoms with Crippen molar-refractivity contribution in [1.29, 1.82) is 0 Å². The summed E-state index contributed by atoms with van der Waals surface area (Å²) in [6.45, 7) is 3.00. The summed E-state index contributed by atoms with van der Waals surface area (Å²) >= 11 is 1.43. The normalized spacial score (nSPS) is 10.1. The molecule has 4 heteroatoms. The molecule has 1 N–H and O–H groups in total. The van der Waals surface area contributed by atoms with Crippen LogP contribution >= 0.6 is 11.3 Å². The van der Waals surface area contributed by atoms with Crippen LogP contribution in [0.2, 0.25) is 0 Å². The zero-order valence-electron chi connectivity index (χ0n) is 10.2. The van der Waals surface area contributed by atoms with Crippen molar-refractivity contribution in [1.82, 2.24) is 5.32 Å². The Kier molecular flexibility index (Phi) is 4.36. The van der Waals surface area contributed by atoms with Gasteiger partial charge in [0, 0.05) is 0 Å². The Bertz CT molecular complexity index is 508. The Balaban J connectivity index is 1.72. The van der Waals surface area contributed by atoms with Crippen LogP contribution in [0.1, 0.15) is 15.2 Å². The maximum atomic E-state index is 11.6. The van der Waals surface area contributed by atoms with E-state index < -0.39 is 0 Å². The molecule has 0 spiro atoms. The minimum atomic E-state index is -0.0437. The van der Waals surface area contributed by atoms with Crippen LogP contribution < -0.4 is 10.1 Å². The molecule has 94 valence electrons. The third kappa shape index (κ3) is 3.60. The molecule has 3 nitrogen and oxygen atoms in total. The fourth-order valence-corrected chi connectivity index (χ4v) is 2.17. The quantitative estimate of drug-likeness (QED) is 0.840. The maximum Gasteiger partial charge on any atom is 0.261 e. The van der Waals surface area contributed by atoms with E-state index in [2.05, 4.69) is 5.32 Å². The minimum absolute atomic E-state index is 0.0437. The molecule has 0 unspecified atom stereocenters. The lowest BCUT2D eigenvalue weighted by atomic mass is 10.2. The van der Waals surface area contributed by atoms with E-state index in [1.165, 1.54) is 11.3 Å². The summed E-state index contributed by atoms with van der Waals surface area (Å²) in [7, 11) is 0. The summed E-state index contributed by atoms with van der Waals surface area (Å²) in [4.78, 5) is 12.3. The van der Waals surface area contributed by atoms with Gasteiger partial charge in [0.15, 0.2) is 0 Å². The molecule has 0 fully saturated rings. The molecule has 0 saturated carbocycles. The van der Waals surface area contributed by atoms with E-state index in [4.69, 9.17) is 4.74 Å². The highest BCUT2D eigenvalue weighted by Crippen LogP contribution is 2.12. The van der Waals surface area contributed by atoms with Crippen molar-refractivity contribution in [2.24, 2.45) is 0 Å². The summed E-state index contributed by atoms with van der Waals surface area (Å²) in [6.07, 6.45) is 0. The van der Waals surface area contributed by atoms with Crippen LogP contribution in [0, 0.1) is 6.92 Å².